The standard InChI is InChI=1S/C18H17N3O4/c1-11(19-18(23)24)16-20-15-13(9-6-10-14(15)25-2)17(22)21(16)12-7-4-3-5-8-12/h3-11,19H,1-2H3,(H,23,24). The van der Waals surface area contributed by atoms with E-state index < -0.39 is 12.1 Å². The normalized spacial score (nSPS) is 11.9. The lowest BCUT2D eigenvalue weighted by Gasteiger charge is -2.19. The number of benzene rings is 2. The van der Waals surface area contributed by atoms with Gasteiger partial charge < -0.3 is 15.2 Å². The zero-order valence-corrected chi connectivity index (χ0v) is 13.8. The summed E-state index contributed by atoms with van der Waals surface area (Å²) in [7, 11) is 1.50. The Hall–Kier alpha value is -3.35. The molecule has 1 amide bonds. The number of rotatable bonds is 4. The molecule has 0 radical (unpaired) electrons. The molecular formula is C18H17N3O4. The van der Waals surface area contributed by atoms with Gasteiger partial charge in [-0.1, -0.05) is 24.3 Å². The minimum atomic E-state index is -1.19. The van der Waals surface area contributed by atoms with E-state index >= 15 is 0 Å². The van der Waals surface area contributed by atoms with Gasteiger partial charge in [-0.05, 0) is 31.2 Å². The second-order valence-corrected chi connectivity index (χ2v) is 5.47. The van der Waals surface area contributed by atoms with Crippen LogP contribution < -0.4 is 15.6 Å². The Labute approximate surface area is 143 Å². The van der Waals surface area contributed by atoms with E-state index in [1.165, 1.54) is 11.7 Å². The maximum atomic E-state index is 13.1. The van der Waals surface area contributed by atoms with Crippen molar-refractivity contribution in [3.63, 3.8) is 0 Å². The van der Waals surface area contributed by atoms with Crippen molar-refractivity contribution in [3.05, 3.63) is 64.7 Å². The molecule has 0 aliphatic rings. The number of ether oxygens (including phenoxy) is 1. The third-order valence-corrected chi connectivity index (χ3v) is 3.85. The first kappa shape index (κ1) is 16.5. The SMILES string of the molecule is COc1cccc2c(=O)n(-c3ccccc3)c(C(C)NC(=O)O)nc12. The zero-order valence-electron chi connectivity index (χ0n) is 13.8. The maximum absolute atomic E-state index is 13.1. The Morgan fingerprint density at radius 1 is 1.20 bits per heavy atom. The van der Waals surface area contributed by atoms with Gasteiger partial charge in [0.2, 0.25) is 0 Å². The van der Waals surface area contributed by atoms with Gasteiger partial charge in [0.05, 0.1) is 24.2 Å². The molecule has 2 N–H and O–H groups in total. The van der Waals surface area contributed by atoms with Crippen molar-refractivity contribution in [3.8, 4) is 11.4 Å². The van der Waals surface area contributed by atoms with Crippen molar-refractivity contribution in [2.75, 3.05) is 7.11 Å². The number of fused-ring (bicyclic) bond motifs is 1. The van der Waals surface area contributed by atoms with Crippen LogP contribution in [0.25, 0.3) is 16.6 Å². The number of nitrogens with one attached hydrogen (secondary N) is 1. The van der Waals surface area contributed by atoms with Crippen LogP contribution in [0.5, 0.6) is 5.75 Å². The van der Waals surface area contributed by atoms with Crippen LogP contribution in [0, 0.1) is 0 Å². The van der Waals surface area contributed by atoms with E-state index in [1.54, 1.807) is 49.4 Å². The summed E-state index contributed by atoms with van der Waals surface area (Å²) in [5.41, 5.74) is 0.721. The van der Waals surface area contributed by atoms with Crippen molar-refractivity contribution in [2.45, 2.75) is 13.0 Å². The summed E-state index contributed by atoms with van der Waals surface area (Å²) in [6, 6.07) is 13.4. The number of para-hydroxylation sites is 2. The van der Waals surface area contributed by atoms with Crippen molar-refractivity contribution >= 4 is 17.0 Å². The number of aromatic nitrogens is 2. The Balaban J connectivity index is 2.37. The van der Waals surface area contributed by atoms with E-state index in [2.05, 4.69) is 10.3 Å². The van der Waals surface area contributed by atoms with Gasteiger partial charge in [0, 0.05) is 0 Å². The first-order valence-corrected chi connectivity index (χ1v) is 7.67. The molecule has 3 rings (SSSR count). The van der Waals surface area contributed by atoms with E-state index in [1.807, 2.05) is 6.07 Å². The van der Waals surface area contributed by atoms with Crippen LogP contribution in [-0.2, 0) is 0 Å². The number of nitrogens with zero attached hydrogens (tertiary/aromatic N) is 2. The van der Waals surface area contributed by atoms with E-state index in [0.717, 1.165) is 0 Å². The van der Waals surface area contributed by atoms with Crippen molar-refractivity contribution in [1.29, 1.82) is 0 Å². The third kappa shape index (κ3) is 3.03. The lowest BCUT2D eigenvalue weighted by molar-refractivity contribution is 0.190. The van der Waals surface area contributed by atoms with Crippen LogP contribution in [0.3, 0.4) is 0 Å². The average Bonchev–Trinajstić information content (AvgIpc) is 2.61. The number of carboxylic acid groups (broad SMARTS) is 1. The highest BCUT2D eigenvalue weighted by molar-refractivity contribution is 5.84. The number of carbonyl (C=O) groups is 1. The Kier molecular flexibility index (Phi) is 4.38. The largest absolute Gasteiger partial charge is 0.494 e. The molecular weight excluding hydrogens is 322 g/mol. The molecule has 1 aromatic heterocycles. The zero-order chi connectivity index (χ0) is 18.0. The minimum absolute atomic E-state index is 0.288. The quantitative estimate of drug-likeness (QED) is 0.762. The summed E-state index contributed by atoms with van der Waals surface area (Å²) < 4.78 is 6.72. The predicted molar refractivity (Wildman–Crippen MR) is 93.5 cm³/mol. The monoisotopic (exact) mass is 339 g/mol. The lowest BCUT2D eigenvalue weighted by Crippen LogP contribution is -2.32. The van der Waals surface area contributed by atoms with Crippen LogP contribution in [0.1, 0.15) is 18.8 Å². The predicted octanol–water partition coefficient (Wildman–Crippen LogP) is 2.72. The van der Waals surface area contributed by atoms with Gasteiger partial charge in [0.15, 0.2) is 0 Å². The molecule has 0 saturated heterocycles. The fourth-order valence-corrected chi connectivity index (χ4v) is 2.73. The van der Waals surface area contributed by atoms with Gasteiger partial charge >= 0.3 is 6.09 Å². The highest BCUT2D eigenvalue weighted by Gasteiger charge is 2.20. The number of amides is 1. The molecule has 1 atom stereocenters. The van der Waals surface area contributed by atoms with Gasteiger partial charge in [0.25, 0.3) is 5.56 Å². The van der Waals surface area contributed by atoms with E-state index in [9.17, 15) is 9.59 Å². The van der Waals surface area contributed by atoms with Crippen LogP contribution >= 0.6 is 0 Å². The first-order valence-electron chi connectivity index (χ1n) is 7.67. The van der Waals surface area contributed by atoms with Gasteiger partial charge in [0.1, 0.15) is 17.1 Å². The van der Waals surface area contributed by atoms with Gasteiger partial charge in [-0.3, -0.25) is 9.36 Å². The molecule has 2 aromatic carbocycles. The lowest BCUT2D eigenvalue weighted by atomic mass is 10.2. The first-order chi connectivity index (χ1) is 12.0. The summed E-state index contributed by atoms with van der Waals surface area (Å²) in [5, 5.41) is 11.8. The molecule has 0 aliphatic carbocycles. The maximum Gasteiger partial charge on any atom is 0.405 e. The van der Waals surface area contributed by atoms with Crippen molar-refractivity contribution in [2.24, 2.45) is 0 Å². The van der Waals surface area contributed by atoms with Gasteiger partial charge in [-0.25, -0.2) is 9.78 Å². The Bertz CT molecular complexity index is 983. The molecule has 0 fully saturated rings. The average molecular weight is 339 g/mol. The summed E-state index contributed by atoms with van der Waals surface area (Å²) >= 11 is 0. The molecule has 25 heavy (non-hydrogen) atoms. The Morgan fingerprint density at radius 3 is 2.56 bits per heavy atom. The van der Waals surface area contributed by atoms with Crippen molar-refractivity contribution < 1.29 is 14.6 Å². The smallest absolute Gasteiger partial charge is 0.405 e. The van der Waals surface area contributed by atoms with Crippen LogP contribution in [0.15, 0.2) is 53.3 Å². The van der Waals surface area contributed by atoms with Crippen LogP contribution in [0.2, 0.25) is 0 Å². The molecule has 0 bridgehead atoms. The summed E-state index contributed by atoms with van der Waals surface area (Å²) in [5.74, 6) is 0.745. The third-order valence-electron chi connectivity index (χ3n) is 3.85. The topological polar surface area (TPSA) is 93.5 Å². The molecule has 7 heteroatoms. The highest BCUT2D eigenvalue weighted by Crippen LogP contribution is 2.24. The molecule has 0 spiro atoms. The molecule has 1 heterocycles. The van der Waals surface area contributed by atoms with E-state index in [4.69, 9.17) is 9.84 Å². The number of hydrogen-bond donors (Lipinski definition) is 2. The summed E-state index contributed by atoms with van der Waals surface area (Å²) in [6.45, 7) is 1.64. The van der Waals surface area contributed by atoms with Gasteiger partial charge in [-0.15, -0.1) is 0 Å². The van der Waals surface area contributed by atoms with Crippen molar-refractivity contribution in [1.82, 2.24) is 14.9 Å². The minimum Gasteiger partial charge on any atom is -0.494 e. The van der Waals surface area contributed by atoms with Crippen LogP contribution in [0.4, 0.5) is 4.79 Å². The summed E-state index contributed by atoms with van der Waals surface area (Å²) in [4.78, 5) is 28.7. The fourth-order valence-electron chi connectivity index (χ4n) is 2.73. The van der Waals surface area contributed by atoms with E-state index in [0.29, 0.717) is 22.3 Å². The number of hydrogen-bond acceptors (Lipinski definition) is 4. The number of methoxy groups -OCH3 is 1. The molecule has 0 saturated carbocycles. The molecule has 7 nitrogen and oxygen atoms in total. The van der Waals surface area contributed by atoms with E-state index in [-0.39, 0.29) is 11.4 Å². The second-order valence-electron chi connectivity index (χ2n) is 5.47. The van der Waals surface area contributed by atoms with Crippen LogP contribution in [-0.4, -0.2) is 27.9 Å². The van der Waals surface area contributed by atoms with Gasteiger partial charge in [-0.2, -0.15) is 0 Å². The second kappa shape index (κ2) is 6.64. The highest BCUT2D eigenvalue weighted by atomic mass is 16.5. The molecule has 0 aliphatic heterocycles. The molecule has 3 aromatic rings. The molecule has 1 unspecified atom stereocenters. The molecule has 128 valence electrons. The fraction of sp³-hybridized carbons (Fsp3) is 0.167. The summed E-state index contributed by atoms with van der Waals surface area (Å²) in [6.07, 6.45) is -1.19. The Morgan fingerprint density at radius 2 is 1.92 bits per heavy atom.